The summed E-state index contributed by atoms with van der Waals surface area (Å²) in [5.41, 5.74) is 11.8. The standard InChI is InChI=1S/C27H28N4O2/c1-3-17-6-4-5-7-19(17)20-10-11-22(26(28)32)25-24(20)21-9-8-18(16-23(21)29-25)27(33)31-14-12-30(2)13-15-31/h4-11,16,29H,3,12-15H2,1-2H3,(H2,28,32). The fraction of sp³-hybridized carbons (Fsp3) is 0.259. The number of carbonyl (C=O) groups is 2. The van der Waals surface area contributed by atoms with E-state index in [0.717, 1.165) is 60.0 Å². The molecule has 3 aromatic carbocycles. The number of primary amides is 1. The fourth-order valence-electron chi connectivity index (χ4n) is 4.86. The van der Waals surface area contributed by atoms with Gasteiger partial charge in [0.05, 0.1) is 11.1 Å². The molecule has 1 aliphatic rings. The van der Waals surface area contributed by atoms with Gasteiger partial charge in [-0.3, -0.25) is 9.59 Å². The van der Waals surface area contributed by atoms with E-state index >= 15 is 0 Å². The third-order valence-corrected chi connectivity index (χ3v) is 6.75. The van der Waals surface area contributed by atoms with E-state index in [4.69, 9.17) is 5.73 Å². The highest BCUT2D eigenvalue weighted by atomic mass is 16.2. The number of hydrogen-bond donors (Lipinski definition) is 2. The van der Waals surface area contributed by atoms with Gasteiger partial charge in [-0.1, -0.05) is 43.3 Å². The lowest BCUT2D eigenvalue weighted by Gasteiger charge is -2.32. The first-order valence-corrected chi connectivity index (χ1v) is 11.4. The van der Waals surface area contributed by atoms with Crippen molar-refractivity contribution in [3.63, 3.8) is 0 Å². The van der Waals surface area contributed by atoms with E-state index in [0.29, 0.717) is 16.6 Å². The molecule has 3 N–H and O–H groups in total. The van der Waals surface area contributed by atoms with Crippen LogP contribution in [0.2, 0.25) is 0 Å². The molecule has 0 radical (unpaired) electrons. The summed E-state index contributed by atoms with van der Waals surface area (Å²) in [4.78, 5) is 32.9. The Labute approximate surface area is 193 Å². The zero-order valence-electron chi connectivity index (χ0n) is 19.0. The van der Waals surface area contributed by atoms with Gasteiger partial charge in [-0.25, -0.2) is 0 Å². The summed E-state index contributed by atoms with van der Waals surface area (Å²) in [6.45, 7) is 5.35. The number of nitrogens with zero attached hydrogens (tertiary/aromatic N) is 2. The fourth-order valence-corrected chi connectivity index (χ4v) is 4.86. The van der Waals surface area contributed by atoms with Gasteiger partial charge >= 0.3 is 0 Å². The molecule has 1 aromatic heterocycles. The van der Waals surface area contributed by atoms with Crippen molar-refractivity contribution in [2.75, 3.05) is 33.2 Å². The predicted octanol–water partition coefficient (Wildman–Crippen LogP) is 4.04. The molecule has 1 fully saturated rings. The smallest absolute Gasteiger partial charge is 0.254 e. The highest BCUT2D eigenvalue weighted by Gasteiger charge is 2.22. The molecule has 6 nitrogen and oxygen atoms in total. The van der Waals surface area contributed by atoms with Crippen LogP contribution in [0.3, 0.4) is 0 Å². The lowest BCUT2D eigenvalue weighted by atomic mass is 9.92. The minimum atomic E-state index is -0.476. The lowest BCUT2D eigenvalue weighted by Crippen LogP contribution is -2.47. The van der Waals surface area contributed by atoms with Crippen LogP contribution in [-0.4, -0.2) is 59.8 Å². The highest BCUT2D eigenvalue weighted by Crippen LogP contribution is 2.38. The summed E-state index contributed by atoms with van der Waals surface area (Å²) >= 11 is 0. The van der Waals surface area contributed by atoms with Crippen LogP contribution >= 0.6 is 0 Å². The van der Waals surface area contributed by atoms with Crippen molar-refractivity contribution in [1.82, 2.24) is 14.8 Å². The minimum absolute atomic E-state index is 0.0373. The maximum absolute atomic E-state index is 13.1. The van der Waals surface area contributed by atoms with Crippen molar-refractivity contribution >= 4 is 33.6 Å². The van der Waals surface area contributed by atoms with Gasteiger partial charge in [0, 0.05) is 48.0 Å². The zero-order valence-corrected chi connectivity index (χ0v) is 19.0. The summed E-state index contributed by atoms with van der Waals surface area (Å²) in [5.74, 6) is -0.439. The average molecular weight is 441 g/mol. The zero-order chi connectivity index (χ0) is 23.1. The van der Waals surface area contributed by atoms with Gasteiger partial charge in [-0.2, -0.15) is 0 Å². The SMILES string of the molecule is CCc1ccccc1-c1ccc(C(N)=O)c2[nH]c3cc(C(=O)N4CCN(C)CC4)ccc3c12. The number of aromatic amines is 1. The van der Waals surface area contributed by atoms with E-state index < -0.39 is 5.91 Å². The van der Waals surface area contributed by atoms with E-state index in [1.165, 1.54) is 5.56 Å². The number of amides is 2. The molecule has 0 aliphatic carbocycles. The summed E-state index contributed by atoms with van der Waals surface area (Å²) in [5, 5.41) is 1.93. The van der Waals surface area contributed by atoms with Gasteiger partial charge in [0.25, 0.3) is 11.8 Å². The van der Waals surface area contributed by atoms with Crippen molar-refractivity contribution in [3.8, 4) is 11.1 Å². The number of benzene rings is 3. The molecule has 5 rings (SSSR count). The third kappa shape index (κ3) is 3.66. The molecule has 1 aliphatic heterocycles. The summed E-state index contributed by atoms with van der Waals surface area (Å²) < 4.78 is 0. The Bertz CT molecular complexity index is 1380. The van der Waals surface area contributed by atoms with Crippen LogP contribution in [0.25, 0.3) is 32.9 Å². The van der Waals surface area contributed by atoms with Crippen molar-refractivity contribution in [2.24, 2.45) is 5.73 Å². The Morgan fingerprint density at radius 3 is 2.45 bits per heavy atom. The maximum Gasteiger partial charge on any atom is 0.254 e. The third-order valence-electron chi connectivity index (χ3n) is 6.75. The largest absolute Gasteiger partial charge is 0.366 e. The Balaban J connectivity index is 1.68. The molecule has 2 amide bonds. The predicted molar refractivity (Wildman–Crippen MR) is 133 cm³/mol. The monoisotopic (exact) mass is 440 g/mol. The molecule has 6 heteroatoms. The summed E-state index contributed by atoms with van der Waals surface area (Å²) in [7, 11) is 2.07. The summed E-state index contributed by atoms with van der Waals surface area (Å²) in [6.07, 6.45) is 0.904. The van der Waals surface area contributed by atoms with E-state index in [9.17, 15) is 9.59 Å². The second-order valence-electron chi connectivity index (χ2n) is 8.77. The Hall–Kier alpha value is -3.64. The summed E-state index contributed by atoms with van der Waals surface area (Å²) in [6, 6.07) is 17.9. The molecule has 1 saturated heterocycles. The number of H-pyrrole nitrogens is 1. The van der Waals surface area contributed by atoms with Crippen LogP contribution < -0.4 is 5.73 Å². The number of hydrogen-bond acceptors (Lipinski definition) is 3. The molecule has 4 aromatic rings. The van der Waals surface area contributed by atoms with E-state index in [-0.39, 0.29) is 5.91 Å². The number of rotatable bonds is 4. The number of likely N-dealkylation sites (N-methyl/N-ethyl adjacent to an activating group) is 1. The molecule has 168 valence electrons. The van der Waals surface area contributed by atoms with Crippen LogP contribution in [0.4, 0.5) is 0 Å². The highest BCUT2D eigenvalue weighted by molar-refractivity contribution is 6.20. The molecule has 0 unspecified atom stereocenters. The van der Waals surface area contributed by atoms with Crippen LogP contribution in [0.5, 0.6) is 0 Å². The van der Waals surface area contributed by atoms with Crippen molar-refractivity contribution in [2.45, 2.75) is 13.3 Å². The Morgan fingerprint density at radius 1 is 0.970 bits per heavy atom. The quantitative estimate of drug-likeness (QED) is 0.503. The molecular formula is C27H28N4O2. The van der Waals surface area contributed by atoms with Crippen LogP contribution in [-0.2, 0) is 6.42 Å². The first kappa shape index (κ1) is 21.2. The molecule has 2 heterocycles. The van der Waals surface area contributed by atoms with Crippen molar-refractivity contribution in [3.05, 3.63) is 71.3 Å². The van der Waals surface area contributed by atoms with Gasteiger partial charge in [0.2, 0.25) is 0 Å². The van der Waals surface area contributed by atoms with Crippen LogP contribution in [0.15, 0.2) is 54.6 Å². The van der Waals surface area contributed by atoms with Gasteiger partial charge in [0.1, 0.15) is 0 Å². The topological polar surface area (TPSA) is 82.4 Å². The number of carbonyl (C=O) groups excluding carboxylic acids is 2. The maximum atomic E-state index is 13.1. The number of nitrogens with one attached hydrogen (secondary N) is 1. The van der Waals surface area contributed by atoms with Gasteiger partial charge in [-0.15, -0.1) is 0 Å². The van der Waals surface area contributed by atoms with E-state index in [1.54, 1.807) is 6.07 Å². The normalized spacial score (nSPS) is 14.8. The molecular weight excluding hydrogens is 412 g/mol. The average Bonchev–Trinajstić information content (AvgIpc) is 3.22. The van der Waals surface area contributed by atoms with Crippen molar-refractivity contribution in [1.29, 1.82) is 0 Å². The van der Waals surface area contributed by atoms with Gasteiger partial charge < -0.3 is 20.5 Å². The number of piperazine rings is 1. The van der Waals surface area contributed by atoms with E-state index in [1.807, 2.05) is 41.3 Å². The number of nitrogens with two attached hydrogens (primary N) is 1. The van der Waals surface area contributed by atoms with Gasteiger partial charge in [-0.05, 0) is 48.4 Å². The number of aryl methyl sites for hydroxylation is 1. The molecule has 0 saturated carbocycles. The molecule has 0 bridgehead atoms. The second-order valence-corrected chi connectivity index (χ2v) is 8.77. The Kier molecular flexibility index (Phi) is 5.38. The van der Waals surface area contributed by atoms with Crippen LogP contribution in [0, 0.1) is 0 Å². The second kappa shape index (κ2) is 8.37. The molecule has 33 heavy (non-hydrogen) atoms. The molecule has 0 spiro atoms. The van der Waals surface area contributed by atoms with E-state index in [2.05, 4.69) is 36.0 Å². The molecule has 0 atom stereocenters. The first-order chi connectivity index (χ1) is 16.0. The minimum Gasteiger partial charge on any atom is -0.366 e. The first-order valence-electron chi connectivity index (χ1n) is 11.4. The van der Waals surface area contributed by atoms with Crippen LogP contribution in [0.1, 0.15) is 33.2 Å². The van der Waals surface area contributed by atoms with Gasteiger partial charge in [0.15, 0.2) is 0 Å². The number of fused-ring (bicyclic) bond motifs is 3. The Morgan fingerprint density at radius 2 is 1.73 bits per heavy atom. The lowest BCUT2D eigenvalue weighted by molar-refractivity contribution is 0.0664. The number of aromatic nitrogens is 1. The van der Waals surface area contributed by atoms with Crippen molar-refractivity contribution < 1.29 is 9.59 Å².